The Bertz CT molecular complexity index is 390. The lowest BCUT2D eigenvalue weighted by Gasteiger charge is -2.13. The van der Waals surface area contributed by atoms with E-state index in [0.29, 0.717) is 4.88 Å². The molecule has 19 heavy (non-hydrogen) atoms. The maximum Gasteiger partial charge on any atom is 0.348 e. The SMILES string of the molecule is CCCc1ccc(C(=O)OCC(O)CC(O)CO)s1. The molecule has 0 saturated carbocycles. The smallest absolute Gasteiger partial charge is 0.348 e. The van der Waals surface area contributed by atoms with Crippen LogP contribution in [-0.2, 0) is 11.2 Å². The van der Waals surface area contributed by atoms with Crippen molar-refractivity contribution in [2.24, 2.45) is 0 Å². The monoisotopic (exact) mass is 288 g/mol. The fraction of sp³-hybridized carbons (Fsp3) is 0.615. The molecule has 0 aliphatic heterocycles. The number of aliphatic hydroxyl groups excluding tert-OH is 3. The van der Waals surface area contributed by atoms with Crippen molar-refractivity contribution in [3.63, 3.8) is 0 Å². The lowest BCUT2D eigenvalue weighted by Crippen LogP contribution is -2.25. The maximum absolute atomic E-state index is 11.7. The van der Waals surface area contributed by atoms with Crippen LogP contribution < -0.4 is 0 Å². The fourth-order valence-electron chi connectivity index (χ4n) is 1.57. The maximum atomic E-state index is 11.7. The van der Waals surface area contributed by atoms with Gasteiger partial charge in [0, 0.05) is 11.3 Å². The Balaban J connectivity index is 2.37. The molecule has 0 aliphatic carbocycles. The zero-order chi connectivity index (χ0) is 14.3. The number of hydrogen-bond acceptors (Lipinski definition) is 6. The van der Waals surface area contributed by atoms with Gasteiger partial charge in [0.2, 0.25) is 0 Å². The van der Waals surface area contributed by atoms with Crippen LogP contribution in [0.25, 0.3) is 0 Å². The molecule has 1 aromatic heterocycles. The molecule has 1 heterocycles. The van der Waals surface area contributed by atoms with E-state index in [2.05, 4.69) is 6.92 Å². The second-order valence-corrected chi connectivity index (χ2v) is 5.51. The summed E-state index contributed by atoms with van der Waals surface area (Å²) in [5.74, 6) is -0.468. The quantitative estimate of drug-likeness (QED) is 0.620. The third-order valence-corrected chi connectivity index (χ3v) is 3.65. The molecule has 1 aromatic rings. The number of aryl methyl sites for hydroxylation is 1. The third kappa shape index (κ3) is 5.69. The summed E-state index contributed by atoms with van der Waals surface area (Å²) in [6, 6.07) is 3.61. The van der Waals surface area contributed by atoms with Crippen molar-refractivity contribution in [1.82, 2.24) is 0 Å². The number of aliphatic hydroxyl groups is 3. The Kier molecular flexibility index (Phi) is 7.01. The number of hydrogen-bond donors (Lipinski definition) is 3. The van der Waals surface area contributed by atoms with Crippen LogP contribution in [0.15, 0.2) is 12.1 Å². The van der Waals surface area contributed by atoms with E-state index in [1.807, 2.05) is 6.07 Å². The van der Waals surface area contributed by atoms with Gasteiger partial charge >= 0.3 is 5.97 Å². The van der Waals surface area contributed by atoms with E-state index in [-0.39, 0.29) is 13.0 Å². The molecule has 6 heteroatoms. The average molecular weight is 288 g/mol. The minimum absolute atomic E-state index is 0.0185. The van der Waals surface area contributed by atoms with Crippen LogP contribution in [0.5, 0.6) is 0 Å². The van der Waals surface area contributed by atoms with Crippen LogP contribution in [0.4, 0.5) is 0 Å². The Morgan fingerprint density at radius 2 is 2.11 bits per heavy atom. The Hall–Kier alpha value is -0.950. The predicted molar refractivity (Wildman–Crippen MR) is 72.3 cm³/mol. The molecule has 0 fully saturated rings. The number of carbonyl (C=O) groups is 1. The summed E-state index contributed by atoms with van der Waals surface area (Å²) in [7, 11) is 0. The van der Waals surface area contributed by atoms with E-state index in [9.17, 15) is 9.90 Å². The van der Waals surface area contributed by atoms with Gasteiger partial charge in [0.05, 0.1) is 18.8 Å². The first kappa shape index (κ1) is 16.1. The molecule has 2 unspecified atom stereocenters. The standard InChI is InChI=1S/C13H20O5S/c1-2-3-11-4-5-12(19-11)13(17)18-8-10(16)6-9(15)7-14/h4-5,9-10,14-16H,2-3,6-8H2,1H3. The Morgan fingerprint density at radius 1 is 1.37 bits per heavy atom. The van der Waals surface area contributed by atoms with Gasteiger partial charge in [-0.1, -0.05) is 13.3 Å². The largest absolute Gasteiger partial charge is 0.459 e. The van der Waals surface area contributed by atoms with Gasteiger partial charge in [-0.2, -0.15) is 0 Å². The van der Waals surface area contributed by atoms with E-state index in [1.165, 1.54) is 11.3 Å². The summed E-state index contributed by atoms with van der Waals surface area (Å²) < 4.78 is 4.96. The predicted octanol–water partition coefficient (Wildman–Crippen LogP) is 0.962. The van der Waals surface area contributed by atoms with Gasteiger partial charge in [0.15, 0.2) is 0 Å². The zero-order valence-electron chi connectivity index (χ0n) is 10.9. The van der Waals surface area contributed by atoms with Crippen molar-refractivity contribution < 1.29 is 24.9 Å². The van der Waals surface area contributed by atoms with E-state index < -0.39 is 24.8 Å². The third-order valence-electron chi connectivity index (χ3n) is 2.52. The molecule has 0 amide bonds. The number of thiophene rings is 1. The summed E-state index contributed by atoms with van der Waals surface area (Å²) in [6.45, 7) is 1.47. The molecule has 5 nitrogen and oxygen atoms in total. The molecule has 108 valence electrons. The van der Waals surface area contributed by atoms with Crippen LogP contribution in [0.2, 0.25) is 0 Å². The second kappa shape index (κ2) is 8.27. The lowest BCUT2D eigenvalue weighted by molar-refractivity contribution is -0.000561. The number of rotatable bonds is 8. The van der Waals surface area contributed by atoms with E-state index in [0.717, 1.165) is 17.7 Å². The molecular formula is C13H20O5S. The van der Waals surface area contributed by atoms with Gasteiger partial charge < -0.3 is 20.1 Å². The highest BCUT2D eigenvalue weighted by atomic mass is 32.1. The molecule has 1 rings (SSSR count). The van der Waals surface area contributed by atoms with Gasteiger partial charge in [-0.3, -0.25) is 0 Å². The number of ether oxygens (including phenoxy) is 1. The first-order valence-electron chi connectivity index (χ1n) is 6.29. The highest BCUT2D eigenvalue weighted by Crippen LogP contribution is 2.19. The van der Waals surface area contributed by atoms with Crippen molar-refractivity contribution in [1.29, 1.82) is 0 Å². The molecule has 2 atom stereocenters. The van der Waals surface area contributed by atoms with Gasteiger partial charge in [-0.15, -0.1) is 11.3 Å². The molecular weight excluding hydrogens is 268 g/mol. The van der Waals surface area contributed by atoms with E-state index in [4.69, 9.17) is 14.9 Å². The molecule has 0 bridgehead atoms. The van der Waals surface area contributed by atoms with Crippen LogP contribution in [0.3, 0.4) is 0 Å². The molecule has 0 aliphatic rings. The Labute approximate surface area is 116 Å². The van der Waals surface area contributed by atoms with Gasteiger partial charge in [-0.25, -0.2) is 4.79 Å². The first-order chi connectivity index (χ1) is 9.06. The van der Waals surface area contributed by atoms with Crippen molar-refractivity contribution >= 4 is 17.3 Å². The number of carbonyl (C=O) groups excluding carboxylic acids is 1. The molecule has 0 spiro atoms. The summed E-state index contributed by atoms with van der Waals surface area (Å²) in [6.07, 6.45) is -0.0292. The van der Waals surface area contributed by atoms with Gasteiger partial charge in [0.1, 0.15) is 11.5 Å². The fourth-order valence-corrected chi connectivity index (χ4v) is 2.57. The second-order valence-electron chi connectivity index (χ2n) is 4.34. The van der Waals surface area contributed by atoms with Crippen LogP contribution >= 0.6 is 11.3 Å². The first-order valence-corrected chi connectivity index (χ1v) is 7.11. The van der Waals surface area contributed by atoms with Crippen molar-refractivity contribution in [3.8, 4) is 0 Å². The average Bonchev–Trinajstić information content (AvgIpc) is 2.85. The molecule has 0 saturated heterocycles. The minimum atomic E-state index is -0.994. The van der Waals surface area contributed by atoms with Crippen LogP contribution in [-0.4, -0.2) is 46.7 Å². The van der Waals surface area contributed by atoms with Crippen LogP contribution in [0.1, 0.15) is 34.3 Å². The summed E-state index contributed by atoms with van der Waals surface area (Å²) in [4.78, 5) is 13.3. The van der Waals surface area contributed by atoms with E-state index >= 15 is 0 Å². The normalized spacial score (nSPS) is 14.1. The molecule has 3 N–H and O–H groups in total. The number of esters is 1. The summed E-state index contributed by atoms with van der Waals surface area (Å²) in [5.41, 5.74) is 0. The zero-order valence-corrected chi connectivity index (χ0v) is 11.7. The van der Waals surface area contributed by atoms with Crippen molar-refractivity contribution in [2.75, 3.05) is 13.2 Å². The van der Waals surface area contributed by atoms with Crippen molar-refractivity contribution in [2.45, 2.75) is 38.4 Å². The van der Waals surface area contributed by atoms with Gasteiger partial charge in [0.25, 0.3) is 0 Å². The van der Waals surface area contributed by atoms with E-state index in [1.54, 1.807) is 6.07 Å². The molecule has 0 radical (unpaired) electrons. The summed E-state index contributed by atoms with van der Waals surface area (Å²) >= 11 is 1.39. The van der Waals surface area contributed by atoms with Crippen LogP contribution in [0, 0.1) is 0 Å². The highest BCUT2D eigenvalue weighted by Gasteiger charge is 2.15. The topological polar surface area (TPSA) is 87.0 Å². The lowest BCUT2D eigenvalue weighted by atomic mass is 10.2. The van der Waals surface area contributed by atoms with Crippen molar-refractivity contribution in [3.05, 3.63) is 21.9 Å². The van der Waals surface area contributed by atoms with Gasteiger partial charge in [-0.05, 0) is 18.6 Å². The molecule has 0 aromatic carbocycles. The highest BCUT2D eigenvalue weighted by molar-refractivity contribution is 7.13. The minimum Gasteiger partial charge on any atom is -0.459 e. The Morgan fingerprint density at radius 3 is 2.74 bits per heavy atom. The summed E-state index contributed by atoms with van der Waals surface area (Å²) in [5, 5.41) is 27.2.